The maximum atomic E-state index is 11.3. The molecule has 1 saturated carbocycles. The molecule has 2 aliphatic rings. The van der Waals surface area contributed by atoms with Crippen molar-refractivity contribution in [1.82, 2.24) is 4.90 Å². The number of carboxylic acid groups (broad SMARTS) is 1. The lowest BCUT2D eigenvalue weighted by molar-refractivity contribution is -0.139. The number of carbonyl (C=O) groups is 1. The second-order valence-corrected chi connectivity index (χ2v) is 6.82. The molecule has 126 valence electrons. The average Bonchev–Trinajstić information content (AvgIpc) is 2.96. The van der Waals surface area contributed by atoms with Crippen LogP contribution in [0.2, 0.25) is 0 Å². The highest BCUT2D eigenvalue weighted by Crippen LogP contribution is 2.35. The number of fused-ring (bicyclic) bond motifs is 1. The highest BCUT2D eigenvalue weighted by atomic mass is 16.7. The van der Waals surface area contributed by atoms with Gasteiger partial charge < -0.3 is 14.6 Å². The van der Waals surface area contributed by atoms with Gasteiger partial charge in [0.25, 0.3) is 0 Å². The van der Waals surface area contributed by atoms with Crippen LogP contribution in [0.1, 0.15) is 38.7 Å². The quantitative estimate of drug-likeness (QED) is 0.903. The van der Waals surface area contributed by atoms with Crippen LogP contribution in [0.3, 0.4) is 0 Å². The van der Waals surface area contributed by atoms with E-state index >= 15 is 0 Å². The number of carboxylic acids is 1. The summed E-state index contributed by atoms with van der Waals surface area (Å²) in [7, 11) is 0. The Morgan fingerprint density at radius 3 is 2.83 bits per heavy atom. The van der Waals surface area contributed by atoms with Crippen molar-refractivity contribution in [3.8, 4) is 11.5 Å². The first kappa shape index (κ1) is 16.1. The second kappa shape index (κ2) is 6.79. The fourth-order valence-corrected chi connectivity index (χ4v) is 3.81. The van der Waals surface area contributed by atoms with Crippen LogP contribution in [0, 0.1) is 11.8 Å². The Kier molecular flexibility index (Phi) is 4.76. The SMILES string of the molecule is C[C@H]1[C@H](C)CCC[C@@H]1N(CC(=O)O)Cc1ccc2c(c1)OCO2. The van der Waals surface area contributed by atoms with Crippen molar-refractivity contribution < 1.29 is 19.4 Å². The van der Waals surface area contributed by atoms with Crippen molar-refractivity contribution in [3.05, 3.63) is 23.8 Å². The maximum absolute atomic E-state index is 11.3. The van der Waals surface area contributed by atoms with Crippen molar-refractivity contribution in [2.24, 2.45) is 11.8 Å². The summed E-state index contributed by atoms with van der Waals surface area (Å²) in [5.41, 5.74) is 1.07. The summed E-state index contributed by atoms with van der Waals surface area (Å²) >= 11 is 0. The number of benzene rings is 1. The monoisotopic (exact) mass is 319 g/mol. The van der Waals surface area contributed by atoms with Gasteiger partial charge in [-0.15, -0.1) is 0 Å². The van der Waals surface area contributed by atoms with E-state index in [4.69, 9.17) is 9.47 Å². The predicted octanol–water partition coefficient (Wildman–Crippen LogP) is 3.13. The maximum Gasteiger partial charge on any atom is 0.317 e. The fourth-order valence-electron chi connectivity index (χ4n) is 3.81. The van der Waals surface area contributed by atoms with E-state index in [1.807, 2.05) is 18.2 Å². The Morgan fingerprint density at radius 1 is 1.26 bits per heavy atom. The van der Waals surface area contributed by atoms with E-state index in [-0.39, 0.29) is 13.3 Å². The zero-order valence-electron chi connectivity index (χ0n) is 13.8. The Morgan fingerprint density at radius 2 is 2.04 bits per heavy atom. The molecule has 0 spiro atoms. The van der Waals surface area contributed by atoms with Crippen molar-refractivity contribution in [2.75, 3.05) is 13.3 Å². The lowest BCUT2D eigenvalue weighted by Gasteiger charge is -2.41. The molecule has 1 aliphatic heterocycles. The van der Waals surface area contributed by atoms with Crippen molar-refractivity contribution in [1.29, 1.82) is 0 Å². The summed E-state index contributed by atoms with van der Waals surface area (Å²) < 4.78 is 10.8. The molecule has 1 aromatic rings. The Bertz CT molecular complexity index is 574. The van der Waals surface area contributed by atoms with Crippen molar-refractivity contribution in [2.45, 2.75) is 45.7 Å². The number of rotatable bonds is 5. The predicted molar refractivity (Wildman–Crippen MR) is 86.6 cm³/mol. The molecule has 1 fully saturated rings. The molecule has 3 atom stereocenters. The van der Waals surface area contributed by atoms with E-state index in [1.165, 1.54) is 12.8 Å². The van der Waals surface area contributed by atoms with Crippen molar-refractivity contribution >= 4 is 5.97 Å². The molecule has 3 rings (SSSR count). The van der Waals surface area contributed by atoms with Crippen LogP contribution in [0.25, 0.3) is 0 Å². The first-order chi connectivity index (χ1) is 11.0. The summed E-state index contributed by atoms with van der Waals surface area (Å²) in [6.45, 7) is 5.50. The molecule has 23 heavy (non-hydrogen) atoms. The number of hydrogen-bond acceptors (Lipinski definition) is 4. The highest BCUT2D eigenvalue weighted by molar-refractivity contribution is 5.69. The van der Waals surface area contributed by atoms with Crippen LogP contribution < -0.4 is 9.47 Å². The number of hydrogen-bond donors (Lipinski definition) is 1. The molecule has 0 aromatic heterocycles. The summed E-state index contributed by atoms with van der Waals surface area (Å²) in [5.74, 6) is 1.90. The minimum Gasteiger partial charge on any atom is -0.480 e. The smallest absolute Gasteiger partial charge is 0.317 e. The molecule has 0 saturated heterocycles. The van der Waals surface area contributed by atoms with Crippen LogP contribution in [0.4, 0.5) is 0 Å². The van der Waals surface area contributed by atoms with Gasteiger partial charge in [-0.1, -0.05) is 32.8 Å². The van der Waals surface area contributed by atoms with Crippen LogP contribution in [-0.4, -0.2) is 35.4 Å². The molecule has 0 bridgehead atoms. The first-order valence-corrected chi connectivity index (χ1v) is 8.39. The van der Waals surface area contributed by atoms with Crippen LogP contribution >= 0.6 is 0 Å². The molecule has 0 radical (unpaired) electrons. The molecule has 1 aromatic carbocycles. The lowest BCUT2D eigenvalue weighted by atomic mass is 9.77. The molecule has 0 unspecified atom stereocenters. The van der Waals surface area contributed by atoms with Gasteiger partial charge in [0.05, 0.1) is 6.54 Å². The molecular formula is C18H25NO4. The van der Waals surface area contributed by atoms with Gasteiger partial charge in [-0.25, -0.2) is 0 Å². The van der Waals surface area contributed by atoms with E-state index in [9.17, 15) is 9.90 Å². The van der Waals surface area contributed by atoms with E-state index in [0.29, 0.717) is 24.4 Å². The normalized spacial score (nSPS) is 26.5. The minimum absolute atomic E-state index is 0.0795. The number of ether oxygens (including phenoxy) is 2. The molecular weight excluding hydrogens is 294 g/mol. The number of aliphatic carboxylic acids is 1. The van der Waals surface area contributed by atoms with Gasteiger partial charge in [-0.05, 0) is 36.0 Å². The van der Waals surface area contributed by atoms with E-state index in [1.54, 1.807) is 0 Å². The van der Waals surface area contributed by atoms with Crippen molar-refractivity contribution in [3.63, 3.8) is 0 Å². The van der Waals surface area contributed by atoms with E-state index < -0.39 is 5.97 Å². The zero-order chi connectivity index (χ0) is 16.4. The zero-order valence-corrected chi connectivity index (χ0v) is 13.8. The van der Waals surface area contributed by atoms with Gasteiger partial charge in [0.2, 0.25) is 6.79 Å². The summed E-state index contributed by atoms with van der Waals surface area (Å²) in [6, 6.07) is 6.19. The topological polar surface area (TPSA) is 59.0 Å². The lowest BCUT2D eigenvalue weighted by Crippen LogP contribution is -2.45. The Labute approximate surface area is 137 Å². The molecule has 1 heterocycles. The third-order valence-corrected chi connectivity index (χ3v) is 5.29. The van der Waals surface area contributed by atoms with Crippen LogP contribution in [0.5, 0.6) is 11.5 Å². The summed E-state index contributed by atoms with van der Waals surface area (Å²) in [6.07, 6.45) is 3.49. The summed E-state index contributed by atoms with van der Waals surface area (Å²) in [4.78, 5) is 13.4. The van der Waals surface area contributed by atoms with Gasteiger partial charge in [0.1, 0.15) is 0 Å². The second-order valence-electron chi connectivity index (χ2n) is 6.82. The van der Waals surface area contributed by atoms with Crippen LogP contribution in [0.15, 0.2) is 18.2 Å². The van der Waals surface area contributed by atoms with Gasteiger partial charge >= 0.3 is 5.97 Å². The fraction of sp³-hybridized carbons (Fsp3) is 0.611. The van der Waals surface area contributed by atoms with Gasteiger partial charge in [0, 0.05) is 12.6 Å². The number of nitrogens with zero attached hydrogens (tertiary/aromatic N) is 1. The molecule has 1 aliphatic carbocycles. The van der Waals surface area contributed by atoms with E-state index in [0.717, 1.165) is 23.5 Å². The minimum atomic E-state index is -0.767. The molecule has 5 nitrogen and oxygen atoms in total. The van der Waals surface area contributed by atoms with Gasteiger partial charge in [0.15, 0.2) is 11.5 Å². The third kappa shape index (κ3) is 3.61. The first-order valence-electron chi connectivity index (χ1n) is 8.39. The summed E-state index contributed by atoms with van der Waals surface area (Å²) in [5, 5.41) is 9.31. The average molecular weight is 319 g/mol. The van der Waals surface area contributed by atoms with Gasteiger partial charge in [-0.2, -0.15) is 0 Å². The molecule has 5 heteroatoms. The van der Waals surface area contributed by atoms with Crippen LogP contribution in [-0.2, 0) is 11.3 Å². The standard InChI is InChI=1S/C18H25NO4/c1-12-4-3-5-15(13(12)2)19(10-18(20)21)9-14-6-7-16-17(8-14)23-11-22-16/h6-8,12-13,15H,3-5,9-11H2,1-2H3,(H,20,21)/t12-,13+,15+/m1/s1. The Balaban J connectivity index is 1.77. The highest BCUT2D eigenvalue weighted by Gasteiger charge is 2.32. The largest absolute Gasteiger partial charge is 0.480 e. The molecule has 0 amide bonds. The van der Waals surface area contributed by atoms with Gasteiger partial charge in [-0.3, -0.25) is 9.69 Å². The van der Waals surface area contributed by atoms with E-state index in [2.05, 4.69) is 18.7 Å². The molecule has 1 N–H and O–H groups in total. The third-order valence-electron chi connectivity index (χ3n) is 5.29. The Hall–Kier alpha value is -1.75.